The normalized spacial score (nSPS) is 16.3. The Bertz CT molecular complexity index is 1040. The van der Waals surface area contributed by atoms with Crippen molar-refractivity contribution in [2.24, 2.45) is 16.1 Å². The number of nitrogens with one attached hydrogen (secondary N) is 1. The number of hydrogen-bond donors (Lipinski definition) is 3. The molecule has 1 aromatic carbocycles. The maximum atomic E-state index is 14.6. The number of guanidine groups is 1. The zero-order chi connectivity index (χ0) is 26.9. The van der Waals surface area contributed by atoms with Gasteiger partial charge in [0.05, 0.1) is 24.8 Å². The first kappa shape index (κ1) is 29.5. The van der Waals surface area contributed by atoms with Gasteiger partial charge in [0.1, 0.15) is 17.3 Å². The molecule has 1 aromatic heterocycles. The Labute approximate surface area is 206 Å². The minimum absolute atomic E-state index is 0.00981. The lowest BCUT2D eigenvalue weighted by Crippen LogP contribution is -2.51. The second-order valence-electron chi connectivity index (χ2n) is 8.34. The van der Waals surface area contributed by atoms with Crippen molar-refractivity contribution in [1.29, 1.82) is 0 Å². The maximum Gasteiger partial charge on any atom is 0.274 e. The average Bonchev–Trinajstić information content (AvgIpc) is 2.82. The summed E-state index contributed by atoms with van der Waals surface area (Å²) in [7, 11) is 3.02. The van der Waals surface area contributed by atoms with Crippen molar-refractivity contribution < 1.29 is 23.8 Å². The second kappa shape index (κ2) is 12.8. The Kier molecular flexibility index (Phi) is 10.8. The molecule has 2 amide bonds. The summed E-state index contributed by atoms with van der Waals surface area (Å²) in [6, 6.07) is 6.40. The standard InChI is InChI=1S/C20H22FN5O3.C3H8O.C2H6/c1-20(2)16(25-19(22)26(3)18(20)28)13-9-11(5-7-14(13)21)24-17(27)15-8-6-12(29-4)10-23-15;1-3(2)4;1-2/h5-10,16H,1-4H3,(H2,22,25)(H,24,27);3-4H,1-2H3;1-2H3. The number of aliphatic hydroxyl groups excluding tert-OH is 1. The number of nitrogens with zero attached hydrogens (tertiary/aromatic N) is 3. The molecule has 2 heterocycles. The number of methoxy groups -OCH3 is 1. The number of aromatic nitrogens is 1. The van der Waals surface area contributed by atoms with Crippen molar-refractivity contribution in [3.05, 3.63) is 53.6 Å². The van der Waals surface area contributed by atoms with Gasteiger partial charge < -0.3 is 20.9 Å². The van der Waals surface area contributed by atoms with Crippen LogP contribution in [0.25, 0.3) is 0 Å². The number of hydrogen-bond acceptors (Lipinski definition) is 7. The number of amides is 2. The molecule has 192 valence electrons. The molecule has 9 nitrogen and oxygen atoms in total. The van der Waals surface area contributed by atoms with Gasteiger partial charge in [-0.25, -0.2) is 14.4 Å². The number of halogens is 1. The number of pyridine rings is 1. The highest BCUT2D eigenvalue weighted by Crippen LogP contribution is 2.42. The van der Waals surface area contributed by atoms with E-state index < -0.39 is 23.2 Å². The van der Waals surface area contributed by atoms with Gasteiger partial charge in [-0.15, -0.1) is 0 Å². The summed E-state index contributed by atoms with van der Waals surface area (Å²) in [4.78, 5) is 34.6. The summed E-state index contributed by atoms with van der Waals surface area (Å²) >= 11 is 0. The van der Waals surface area contributed by atoms with E-state index in [0.29, 0.717) is 11.4 Å². The van der Waals surface area contributed by atoms with Crippen molar-refractivity contribution in [3.63, 3.8) is 0 Å². The van der Waals surface area contributed by atoms with E-state index in [2.05, 4.69) is 15.3 Å². The van der Waals surface area contributed by atoms with E-state index in [9.17, 15) is 14.0 Å². The Morgan fingerprint density at radius 2 is 1.86 bits per heavy atom. The van der Waals surface area contributed by atoms with Gasteiger partial charge in [0, 0.05) is 24.4 Å². The first-order valence-corrected chi connectivity index (χ1v) is 11.3. The zero-order valence-electron chi connectivity index (χ0n) is 21.6. The van der Waals surface area contributed by atoms with Gasteiger partial charge in [-0.05, 0) is 58.0 Å². The second-order valence-corrected chi connectivity index (χ2v) is 8.34. The van der Waals surface area contributed by atoms with Crippen LogP contribution in [0.2, 0.25) is 0 Å². The Hall–Kier alpha value is -3.53. The summed E-state index contributed by atoms with van der Waals surface area (Å²) in [5.41, 5.74) is 5.50. The monoisotopic (exact) mass is 489 g/mol. The van der Waals surface area contributed by atoms with Crippen molar-refractivity contribution in [2.45, 2.75) is 53.7 Å². The highest BCUT2D eigenvalue weighted by atomic mass is 19.1. The third-order valence-electron chi connectivity index (χ3n) is 4.90. The molecule has 0 spiro atoms. The van der Waals surface area contributed by atoms with E-state index in [4.69, 9.17) is 15.6 Å². The van der Waals surface area contributed by atoms with Gasteiger partial charge in [0.25, 0.3) is 5.91 Å². The number of rotatable bonds is 4. The SMILES string of the molecule is CC.CC(C)O.COc1ccc(C(=O)Nc2ccc(F)c(C3N=C(N)N(C)C(=O)C3(C)C)c2)nc1. The first-order valence-electron chi connectivity index (χ1n) is 11.3. The number of carbonyl (C=O) groups excluding carboxylic acids is 2. The van der Waals surface area contributed by atoms with E-state index in [0.717, 1.165) is 0 Å². The minimum Gasteiger partial charge on any atom is -0.495 e. The van der Waals surface area contributed by atoms with Gasteiger partial charge in [0.2, 0.25) is 5.91 Å². The summed E-state index contributed by atoms with van der Waals surface area (Å²) < 4.78 is 19.6. The van der Waals surface area contributed by atoms with Crippen LogP contribution in [0, 0.1) is 11.2 Å². The first-order chi connectivity index (χ1) is 16.4. The predicted molar refractivity (Wildman–Crippen MR) is 135 cm³/mol. The topological polar surface area (TPSA) is 130 Å². The summed E-state index contributed by atoms with van der Waals surface area (Å²) in [6.45, 7) is 10.8. The van der Waals surface area contributed by atoms with Crippen LogP contribution in [0.15, 0.2) is 41.5 Å². The third-order valence-corrected chi connectivity index (χ3v) is 4.90. The lowest BCUT2D eigenvalue weighted by Gasteiger charge is -2.38. The molecule has 0 bridgehead atoms. The molecule has 0 fully saturated rings. The molecule has 0 radical (unpaired) electrons. The van der Waals surface area contributed by atoms with E-state index >= 15 is 0 Å². The van der Waals surface area contributed by atoms with Crippen LogP contribution in [-0.4, -0.2) is 53.0 Å². The van der Waals surface area contributed by atoms with Crippen molar-refractivity contribution in [2.75, 3.05) is 19.5 Å². The molecule has 1 atom stereocenters. The number of benzene rings is 1. The minimum atomic E-state index is -1.02. The lowest BCUT2D eigenvalue weighted by atomic mass is 9.78. The molecule has 0 saturated carbocycles. The van der Waals surface area contributed by atoms with Crippen LogP contribution < -0.4 is 15.8 Å². The van der Waals surface area contributed by atoms with Gasteiger partial charge in [-0.1, -0.05) is 13.8 Å². The molecular formula is C25H36FN5O4. The van der Waals surface area contributed by atoms with Crippen LogP contribution in [0.1, 0.15) is 63.6 Å². The molecule has 35 heavy (non-hydrogen) atoms. The smallest absolute Gasteiger partial charge is 0.274 e. The van der Waals surface area contributed by atoms with Crippen LogP contribution in [0.3, 0.4) is 0 Å². The molecule has 1 unspecified atom stereocenters. The summed E-state index contributed by atoms with van der Waals surface area (Å²) in [6.07, 6.45) is 1.26. The zero-order valence-corrected chi connectivity index (χ0v) is 21.6. The number of ether oxygens (including phenoxy) is 1. The van der Waals surface area contributed by atoms with Crippen LogP contribution in [0.5, 0.6) is 5.75 Å². The van der Waals surface area contributed by atoms with Crippen molar-refractivity contribution >= 4 is 23.5 Å². The lowest BCUT2D eigenvalue weighted by molar-refractivity contribution is -0.137. The Morgan fingerprint density at radius 3 is 2.37 bits per heavy atom. The molecule has 10 heteroatoms. The highest BCUT2D eigenvalue weighted by molar-refractivity contribution is 6.03. The van der Waals surface area contributed by atoms with Gasteiger partial charge in [-0.3, -0.25) is 14.5 Å². The largest absolute Gasteiger partial charge is 0.495 e. The van der Waals surface area contributed by atoms with E-state index in [1.54, 1.807) is 33.8 Å². The summed E-state index contributed by atoms with van der Waals surface area (Å²) in [5.74, 6) is -0.749. The number of anilines is 1. The van der Waals surface area contributed by atoms with E-state index in [1.165, 1.54) is 49.5 Å². The number of aliphatic hydroxyl groups is 1. The fraction of sp³-hybridized carbons (Fsp3) is 0.440. The number of carbonyl (C=O) groups is 2. The quantitative estimate of drug-likeness (QED) is 0.600. The van der Waals surface area contributed by atoms with E-state index in [1.807, 2.05) is 13.8 Å². The van der Waals surface area contributed by atoms with Crippen molar-refractivity contribution in [1.82, 2.24) is 9.88 Å². The fourth-order valence-corrected chi connectivity index (χ4v) is 3.15. The van der Waals surface area contributed by atoms with Crippen LogP contribution in [0.4, 0.5) is 10.1 Å². The number of nitrogens with two attached hydrogens (primary N) is 1. The molecule has 4 N–H and O–H groups in total. The molecule has 3 rings (SSSR count). The Morgan fingerprint density at radius 1 is 1.26 bits per heavy atom. The molecular weight excluding hydrogens is 453 g/mol. The molecule has 2 aromatic rings. The van der Waals surface area contributed by atoms with Gasteiger partial charge in [-0.2, -0.15) is 0 Å². The predicted octanol–water partition coefficient (Wildman–Crippen LogP) is 3.75. The molecule has 0 saturated heterocycles. The van der Waals surface area contributed by atoms with Gasteiger partial charge >= 0.3 is 0 Å². The summed E-state index contributed by atoms with van der Waals surface area (Å²) in [5, 5.41) is 10.7. The van der Waals surface area contributed by atoms with Crippen molar-refractivity contribution in [3.8, 4) is 5.75 Å². The van der Waals surface area contributed by atoms with E-state index in [-0.39, 0.29) is 29.2 Å². The number of aliphatic imine (C=N–C) groups is 1. The van der Waals surface area contributed by atoms with Gasteiger partial charge in [0.15, 0.2) is 5.96 Å². The average molecular weight is 490 g/mol. The third kappa shape index (κ3) is 7.48. The molecule has 1 aliphatic heterocycles. The Balaban J connectivity index is 0.000000926. The molecule has 0 aliphatic carbocycles. The molecule has 1 aliphatic rings. The van der Waals surface area contributed by atoms with Crippen LogP contribution in [-0.2, 0) is 4.79 Å². The fourth-order valence-electron chi connectivity index (χ4n) is 3.15. The maximum absolute atomic E-state index is 14.6. The highest BCUT2D eigenvalue weighted by Gasteiger charge is 2.45. The van der Waals surface area contributed by atoms with Crippen LogP contribution >= 0.6 is 0 Å².